The second kappa shape index (κ2) is 8.75. The van der Waals surface area contributed by atoms with Gasteiger partial charge in [0.05, 0.1) is 6.61 Å². The number of ether oxygens (including phenoxy) is 2. The average Bonchev–Trinajstić information content (AvgIpc) is 2.10. The maximum Gasteiger partial charge on any atom is 0.157 e. The molecule has 0 radical (unpaired) electrons. The summed E-state index contributed by atoms with van der Waals surface area (Å²) < 4.78 is 10.6. The minimum Gasteiger partial charge on any atom is -0.356 e. The van der Waals surface area contributed by atoms with E-state index in [0.29, 0.717) is 0 Å². The second-order valence-corrected chi connectivity index (χ2v) is 2.76. The van der Waals surface area contributed by atoms with Crippen LogP contribution in [0.15, 0.2) is 12.7 Å². The molecule has 0 aliphatic rings. The van der Waals surface area contributed by atoms with E-state index in [1.807, 2.05) is 6.08 Å². The lowest BCUT2D eigenvalue weighted by molar-refractivity contribution is -0.127. The number of methoxy groups -OCH3 is 1. The Labute approximate surface area is 75.6 Å². The molecule has 72 valence electrons. The lowest BCUT2D eigenvalue weighted by Gasteiger charge is -2.14. The van der Waals surface area contributed by atoms with Gasteiger partial charge in [-0.1, -0.05) is 19.4 Å². The van der Waals surface area contributed by atoms with Crippen molar-refractivity contribution < 1.29 is 9.47 Å². The van der Waals surface area contributed by atoms with E-state index in [-0.39, 0.29) is 6.29 Å². The topological polar surface area (TPSA) is 18.5 Å². The molecule has 0 aliphatic heterocycles. The Morgan fingerprint density at radius 2 is 2.25 bits per heavy atom. The van der Waals surface area contributed by atoms with Crippen LogP contribution in [0.1, 0.15) is 32.6 Å². The van der Waals surface area contributed by atoms with Crippen molar-refractivity contribution in [1.82, 2.24) is 0 Å². The van der Waals surface area contributed by atoms with Gasteiger partial charge < -0.3 is 9.47 Å². The molecule has 0 rings (SSSR count). The van der Waals surface area contributed by atoms with E-state index in [1.54, 1.807) is 7.11 Å². The summed E-state index contributed by atoms with van der Waals surface area (Å²) in [6, 6.07) is 0. The molecule has 0 aromatic rings. The van der Waals surface area contributed by atoms with E-state index in [4.69, 9.17) is 9.47 Å². The Hall–Kier alpha value is -0.340. The Bertz CT molecular complexity index is 102. The van der Waals surface area contributed by atoms with E-state index in [1.165, 1.54) is 0 Å². The molecular weight excluding hydrogens is 152 g/mol. The molecule has 0 fully saturated rings. The van der Waals surface area contributed by atoms with Gasteiger partial charge in [0.25, 0.3) is 0 Å². The van der Waals surface area contributed by atoms with Crippen molar-refractivity contribution in [2.45, 2.75) is 38.9 Å². The zero-order valence-electron chi connectivity index (χ0n) is 8.21. The molecule has 0 saturated carbocycles. The van der Waals surface area contributed by atoms with Gasteiger partial charge in [-0.2, -0.15) is 0 Å². The molecule has 1 atom stereocenters. The highest BCUT2D eigenvalue weighted by Gasteiger charge is 2.03. The molecule has 0 amide bonds. The first-order valence-electron chi connectivity index (χ1n) is 4.60. The van der Waals surface area contributed by atoms with E-state index in [9.17, 15) is 0 Å². The van der Waals surface area contributed by atoms with Crippen molar-refractivity contribution >= 4 is 0 Å². The van der Waals surface area contributed by atoms with Gasteiger partial charge >= 0.3 is 0 Å². The van der Waals surface area contributed by atoms with Gasteiger partial charge in [-0.3, -0.25) is 0 Å². The maximum atomic E-state index is 5.46. The Morgan fingerprint density at radius 1 is 1.50 bits per heavy atom. The predicted molar refractivity (Wildman–Crippen MR) is 51.1 cm³/mol. The van der Waals surface area contributed by atoms with Gasteiger partial charge in [0, 0.05) is 7.11 Å². The number of rotatable bonds is 8. The molecule has 0 aromatic carbocycles. The van der Waals surface area contributed by atoms with Crippen LogP contribution in [0, 0.1) is 0 Å². The molecule has 2 heteroatoms. The van der Waals surface area contributed by atoms with Crippen LogP contribution in [-0.2, 0) is 9.47 Å². The van der Waals surface area contributed by atoms with Gasteiger partial charge in [-0.05, 0) is 19.3 Å². The summed E-state index contributed by atoms with van der Waals surface area (Å²) >= 11 is 0. The zero-order valence-corrected chi connectivity index (χ0v) is 8.21. The van der Waals surface area contributed by atoms with Crippen LogP contribution in [0.25, 0.3) is 0 Å². The quantitative estimate of drug-likeness (QED) is 0.318. The fourth-order valence-electron chi connectivity index (χ4n) is 0.947. The zero-order chi connectivity index (χ0) is 9.23. The van der Waals surface area contributed by atoms with Gasteiger partial charge in [0.2, 0.25) is 0 Å². The minimum atomic E-state index is -0.0141. The predicted octanol–water partition coefficient (Wildman–Crippen LogP) is 2.74. The summed E-state index contributed by atoms with van der Waals surface area (Å²) in [5.74, 6) is 0. The first-order chi connectivity index (χ1) is 5.85. The summed E-state index contributed by atoms with van der Waals surface area (Å²) in [5.41, 5.74) is 0. The summed E-state index contributed by atoms with van der Waals surface area (Å²) in [5, 5.41) is 0. The molecule has 0 N–H and O–H groups in total. The fraction of sp³-hybridized carbons (Fsp3) is 0.800. The standard InChI is InChI=1S/C10H20O2/c1-4-6-7-9-12-10(11-3)8-5-2/h4,10H,1,5-9H2,2-3H3. The monoisotopic (exact) mass is 172 g/mol. The molecule has 0 saturated heterocycles. The molecule has 2 nitrogen and oxygen atoms in total. The Morgan fingerprint density at radius 3 is 2.75 bits per heavy atom. The third-order valence-corrected chi connectivity index (χ3v) is 1.64. The van der Waals surface area contributed by atoms with Crippen molar-refractivity contribution in [3.8, 4) is 0 Å². The van der Waals surface area contributed by atoms with Gasteiger partial charge in [0.15, 0.2) is 6.29 Å². The van der Waals surface area contributed by atoms with Crippen molar-refractivity contribution in [3.63, 3.8) is 0 Å². The van der Waals surface area contributed by atoms with Crippen LogP contribution < -0.4 is 0 Å². The normalized spacial score (nSPS) is 12.8. The van der Waals surface area contributed by atoms with Gasteiger partial charge in [-0.15, -0.1) is 6.58 Å². The highest BCUT2D eigenvalue weighted by molar-refractivity contribution is 4.65. The lowest BCUT2D eigenvalue weighted by Crippen LogP contribution is -2.15. The molecule has 0 bridgehead atoms. The van der Waals surface area contributed by atoms with E-state index in [0.717, 1.165) is 32.3 Å². The maximum absolute atomic E-state index is 5.46. The minimum absolute atomic E-state index is 0.0141. The second-order valence-electron chi connectivity index (χ2n) is 2.76. The molecule has 12 heavy (non-hydrogen) atoms. The lowest BCUT2D eigenvalue weighted by atomic mass is 10.3. The largest absolute Gasteiger partial charge is 0.356 e. The van der Waals surface area contributed by atoms with Crippen LogP contribution in [-0.4, -0.2) is 20.0 Å². The molecule has 0 spiro atoms. The third-order valence-electron chi connectivity index (χ3n) is 1.64. The molecular formula is C10H20O2. The summed E-state index contributed by atoms with van der Waals surface area (Å²) in [4.78, 5) is 0. The SMILES string of the molecule is C=CCCCOC(CCC)OC. The molecule has 0 aromatic heterocycles. The van der Waals surface area contributed by atoms with Crippen molar-refractivity contribution in [2.75, 3.05) is 13.7 Å². The summed E-state index contributed by atoms with van der Waals surface area (Å²) in [6.07, 6.45) is 6.02. The van der Waals surface area contributed by atoms with E-state index in [2.05, 4.69) is 13.5 Å². The smallest absolute Gasteiger partial charge is 0.157 e. The van der Waals surface area contributed by atoms with Crippen LogP contribution >= 0.6 is 0 Å². The molecule has 0 aliphatic carbocycles. The molecule has 1 unspecified atom stereocenters. The highest BCUT2D eigenvalue weighted by atomic mass is 16.7. The first kappa shape index (κ1) is 11.7. The highest BCUT2D eigenvalue weighted by Crippen LogP contribution is 2.03. The van der Waals surface area contributed by atoms with Crippen molar-refractivity contribution in [3.05, 3.63) is 12.7 Å². The Kier molecular flexibility index (Phi) is 8.51. The van der Waals surface area contributed by atoms with Crippen LogP contribution in [0.2, 0.25) is 0 Å². The van der Waals surface area contributed by atoms with Crippen LogP contribution in [0.5, 0.6) is 0 Å². The summed E-state index contributed by atoms with van der Waals surface area (Å²) in [7, 11) is 1.69. The fourth-order valence-corrected chi connectivity index (χ4v) is 0.947. The number of hydrogen-bond donors (Lipinski definition) is 0. The van der Waals surface area contributed by atoms with Gasteiger partial charge in [-0.25, -0.2) is 0 Å². The van der Waals surface area contributed by atoms with Crippen LogP contribution in [0.3, 0.4) is 0 Å². The Balaban J connectivity index is 3.24. The first-order valence-corrected chi connectivity index (χ1v) is 4.60. The number of unbranched alkanes of at least 4 members (excludes halogenated alkanes) is 1. The number of allylic oxidation sites excluding steroid dienone is 1. The third kappa shape index (κ3) is 6.38. The van der Waals surface area contributed by atoms with Crippen molar-refractivity contribution in [2.24, 2.45) is 0 Å². The average molecular weight is 172 g/mol. The van der Waals surface area contributed by atoms with E-state index >= 15 is 0 Å². The number of hydrogen-bond acceptors (Lipinski definition) is 2. The van der Waals surface area contributed by atoms with Gasteiger partial charge in [0.1, 0.15) is 0 Å². The van der Waals surface area contributed by atoms with Crippen LogP contribution in [0.4, 0.5) is 0 Å². The summed E-state index contributed by atoms with van der Waals surface area (Å²) in [6.45, 7) is 6.54. The van der Waals surface area contributed by atoms with Crippen molar-refractivity contribution in [1.29, 1.82) is 0 Å². The molecule has 0 heterocycles. The van der Waals surface area contributed by atoms with E-state index < -0.39 is 0 Å².